The fourth-order valence-corrected chi connectivity index (χ4v) is 1.92. The Bertz CT molecular complexity index is 485. The molecule has 1 N–H and O–H groups in total. The molecule has 0 spiro atoms. The third-order valence-electron chi connectivity index (χ3n) is 3.14. The minimum Gasteiger partial charge on any atom is -0.493 e. The summed E-state index contributed by atoms with van der Waals surface area (Å²) < 4.78 is 10.9. The molecule has 0 saturated heterocycles. The maximum Gasteiger partial charge on any atom is 0.335 e. The van der Waals surface area contributed by atoms with E-state index in [1.807, 2.05) is 6.08 Å². The van der Waals surface area contributed by atoms with Gasteiger partial charge < -0.3 is 14.6 Å². The number of ether oxygens (including phenoxy) is 2. The van der Waals surface area contributed by atoms with Crippen molar-refractivity contribution >= 4 is 5.97 Å². The summed E-state index contributed by atoms with van der Waals surface area (Å²) in [6.45, 7) is 10.0. The van der Waals surface area contributed by atoms with Crippen molar-refractivity contribution in [1.29, 1.82) is 0 Å². The van der Waals surface area contributed by atoms with E-state index in [2.05, 4.69) is 25.3 Å². The normalized spacial score (nSPS) is 10.7. The Morgan fingerprint density at radius 1 is 1.43 bits per heavy atom. The standard InChI is InChI=1S/C16H23NO4/c1-5-8-17(12(2)3)9-10-21-14-7-6-13(16(18)19)11-15(14)20-4/h5-7,11-12H,1,8-10H2,2-4H3,(H,18,19). The number of benzene rings is 1. The number of rotatable bonds is 9. The highest BCUT2D eigenvalue weighted by atomic mass is 16.5. The van der Waals surface area contributed by atoms with Crippen molar-refractivity contribution in [1.82, 2.24) is 4.90 Å². The first-order valence-electron chi connectivity index (χ1n) is 6.88. The largest absolute Gasteiger partial charge is 0.493 e. The molecule has 5 nitrogen and oxygen atoms in total. The van der Waals surface area contributed by atoms with Gasteiger partial charge in [-0.05, 0) is 32.0 Å². The molecule has 1 aromatic rings. The van der Waals surface area contributed by atoms with Crippen LogP contribution >= 0.6 is 0 Å². The predicted octanol–water partition coefficient (Wildman–Crippen LogP) is 2.67. The minimum atomic E-state index is -0.989. The highest BCUT2D eigenvalue weighted by Crippen LogP contribution is 2.28. The Hall–Kier alpha value is -2.01. The summed E-state index contributed by atoms with van der Waals surface area (Å²) in [5, 5.41) is 8.95. The van der Waals surface area contributed by atoms with Crippen LogP contribution in [0.25, 0.3) is 0 Å². The van der Waals surface area contributed by atoms with Gasteiger partial charge in [-0.3, -0.25) is 4.90 Å². The van der Waals surface area contributed by atoms with Crippen molar-refractivity contribution in [2.45, 2.75) is 19.9 Å². The molecule has 1 rings (SSSR count). The van der Waals surface area contributed by atoms with E-state index >= 15 is 0 Å². The molecule has 0 aromatic heterocycles. The lowest BCUT2D eigenvalue weighted by molar-refractivity contribution is 0.0696. The van der Waals surface area contributed by atoms with E-state index in [9.17, 15) is 4.79 Å². The zero-order valence-electron chi connectivity index (χ0n) is 12.8. The van der Waals surface area contributed by atoms with Crippen LogP contribution in [-0.4, -0.2) is 48.8 Å². The topological polar surface area (TPSA) is 59.0 Å². The number of hydrogen-bond acceptors (Lipinski definition) is 4. The Kier molecular flexibility index (Phi) is 6.75. The smallest absolute Gasteiger partial charge is 0.335 e. The second-order valence-electron chi connectivity index (χ2n) is 4.90. The van der Waals surface area contributed by atoms with Gasteiger partial charge in [0.15, 0.2) is 11.5 Å². The quantitative estimate of drug-likeness (QED) is 0.709. The molecular weight excluding hydrogens is 270 g/mol. The van der Waals surface area contributed by atoms with Crippen LogP contribution in [0.15, 0.2) is 30.9 Å². The monoisotopic (exact) mass is 293 g/mol. The summed E-state index contributed by atoms with van der Waals surface area (Å²) in [6, 6.07) is 4.99. The number of methoxy groups -OCH3 is 1. The van der Waals surface area contributed by atoms with Crippen molar-refractivity contribution in [3.05, 3.63) is 36.4 Å². The molecule has 0 aliphatic heterocycles. The van der Waals surface area contributed by atoms with Gasteiger partial charge in [-0.2, -0.15) is 0 Å². The summed E-state index contributed by atoms with van der Waals surface area (Å²) in [5.41, 5.74) is 0.176. The van der Waals surface area contributed by atoms with Gasteiger partial charge in [0.25, 0.3) is 0 Å². The molecule has 0 saturated carbocycles. The SMILES string of the molecule is C=CCN(CCOc1ccc(C(=O)O)cc1OC)C(C)C. The molecule has 0 fully saturated rings. The summed E-state index contributed by atoms with van der Waals surface area (Å²) in [5.74, 6) is -0.0173. The van der Waals surface area contributed by atoms with E-state index in [4.69, 9.17) is 14.6 Å². The van der Waals surface area contributed by atoms with Crippen molar-refractivity contribution in [3.8, 4) is 11.5 Å². The van der Waals surface area contributed by atoms with Crippen LogP contribution < -0.4 is 9.47 Å². The second kappa shape index (κ2) is 8.32. The predicted molar refractivity (Wildman–Crippen MR) is 82.4 cm³/mol. The number of carboxylic acid groups (broad SMARTS) is 1. The Balaban J connectivity index is 2.66. The van der Waals surface area contributed by atoms with Gasteiger partial charge in [-0.1, -0.05) is 6.08 Å². The number of nitrogens with zero attached hydrogens (tertiary/aromatic N) is 1. The second-order valence-corrected chi connectivity index (χ2v) is 4.90. The van der Waals surface area contributed by atoms with E-state index in [1.165, 1.54) is 19.2 Å². The lowest BCUT2D eigenvalue weighted by Gasteiger charge is -2.25. The summed E-state index contributed by atoms with van der Waals surface area (Å²) in [6.07, 6.45) is 1.86. The molecule has 0 aliphatic carbocycles. The number of aromatic carboxylic acids is 1. The van der Waals surface area contributed by atoms with Crippen LogP contribution in [0, 0.1) is 0 Å². The fourth-order valence-electron chi connectivity index (χ4n) is 1.92. The molecule has 0 atom stereocenters. The molecule has 0 bridgehead atoms. The van der Waals surface area contributed by atoms with Crippen LogP contribution in [0.5, 0.6) is 11.5 Å². The van der Waals surface area contributed by atoms with Gasteiger partial charge in [-0.25, -0.2) is 4.79 Å². The molecule has 0 unspecified atom stereocenters. The Labute approximate surface area is 125 Å². The van der Waals surface area contributed by atoms with Crippen molar-refractivity contribution in [2.24, 2.45) is 0 Å². The van der Waals surface area contributed by atoms with Gasteiger partial charge in [0.1, 0.15) is 6.61 Å². The van der Waals surface area contributed by atoms with Crippen molar-refractivity contribution in [3.63, 3.8) is 0 Å². The maximum absolute atomic E-state index is 10.9. The van der Waals surface area contributed by atoms with E-state index in [1.54, 1.807) is 6.07 Å². The Morgan fingerprint density at radius 2 is 2.14 bits per heavy atom. The zero-order valence-corrected chi connectivity index (χ0v) is 12.8. The summed E-state index contributed by atoms with van der Waals surface area (Å²) >= 11 is 0. The highest BCUT2D eigenvalue weighted by molar-refractivity contribution is 5.88. The third-order valence-corrected chi connectivity index (χ3v) is 3.14. The average molecular weight is 293 g/mol. The van der Waals surface area contributed by atoms with Crippen LogP contribution in [0.3, 0.4) is 0 Å². The number of hydrogen-bond donors (Lipinski definition) is 1. The zero-order chi connectivity index (χ0) is 15.8. The Morgan fingerprint density at radius 3 is 2.67 bits per heavy atom. The highest BCUT2D eigenvalue weighted by Gasteiger charge is 2.11. The van der Waals surface area contributed by atoms with Crippen LogP contribution in [0.2, 0.25) is 0 Å². The van der Waals surface area contributed by atoms with E-state index < -0.39 is 5.97 Å². The summed E-state index contributed by atoms with van der Waals surface area (Å²) in [7, 11) is 1.49. The first kappa shape index (κ1) is 17.0. The first-order valence-corrected chi connectivity index (χ1v) is 6.88. The van der Waals surface area contributed by atoms with E-state index in [0.29, 0.717) is 24.1 Å². The molecule has 21 heavy (non-hydrogen) atoms. The first-order chi connectivity index (χ1) is 9.99. The van der Waals surface area contributed by atoms with Gasteiger partial charge in [-0.15, -0.1) is 6.58 Å². The van der Waals surface area contributed by atoms with Gasteiger partial charge >= 0.3 is 5.97 Å². The molecule has 0 aliphatic rings. The van der Waals surface area contributed by atoms with Gasteiger partial charge in [0.05, 0.1) is 12.7 Å². The average Bonchev–Trinajstić information content (AvgIpc) is 2.46. The fraction of sp³-hybridized carbons (Fsp3) is 0.438. The number of carbonyl (C=O) groups is 1. The van der Waals surface area contributed by atoms with Gasteiger partial charge in [0, 0.05) is 19.1 Å². The van der Waals surface area contributed by atoms with E-state index in [-0.39, 0.29) is 5.56 Å². The maximum atomic E-state index is 10.9. The lowest BCUT2D eigenvalue weighted by atomic mass is 10.2. The minimum absolute atomic E-state index is 0.176. The third kappa shape index (κ3) is 5.11. The molecule has 0 amide bonds. The molecule has 116 valence electrons. The molecule has 5 heteroatoms. The van der Waals surface area contributed by atoms with Crippen molar-refractivity contribution in [2.75, 3.05) is 26.8 Å². The summed E-state index contributed by atoms with van der Waals surface area (Å²) in [4.78, 5) is 13.1. The molecule has 0 radical (unpaired) electrons. The van der Waals surface area contributed by atoms with Gasteiger partial charge in [0.2, 0.25) is 0 Å². The van der Waals surface area contributed by atoms with Crippen LogP contribution in [0.4, 0.5) is 0 Å². The molecular formula is C16H23NO4. The van der Waals surface area contributed by atoms with Crippen LogP contribution in [-0.2, 0) is 0 Å². The van der Waals surface area contributed by atoms with Crippen molar-refractivity contribution < 1.29 is 19.4 Å². The molecule has 0 heterocycles. The number of carboxylic acids is 1. The lowest BCUT2D eigenvalue weighted by Crippen LogP contribution is -2.34. The van der Waals surface area contributed by atoms with E-state index in [0.717, 1.165) is 13.1 Å². The van der Waals surface area contributed by atoms with Crippen LogP contribution in [0.1, 0.15) is 24.2 Å². The molecule has 1 aromatic carbocycles.